The van der Waals surface area contributed by atoms with Crippen LogP contribution in [0.4, 0.5) is 0 Å². The molecular formula is C19H31NO. The van der Waals surface area contributed by atoms with E-state index in [9.17, 15) is 0 Å². The van der Waals surface area contributed by atoms with Gasteiger partial charge in [-0.2, -0.15) is 0 Å². The number of nitrogens with one attached hydrogen (secondary N) is 1. The zero-order valence-electron chi connectivity index (χ0n) is 13.9. The van der Waals surface area contributed by atoms with Crippen molar-refractivity contribution in [1.82, 2.24) is 5.32 Å². The zero-order valence-corrected chi connectivity index (χ0v) is 13.9. The van der Waals surface area contributed by atoms with Gasteiger partial charge in [0.05, 0.1) is 6.10 Å². The van der Waals surface area contributed by atoms with E-state index in [1.807, 2.05) is 0 Å². The lowest BCUT2D eigenvalue weighted by atomic mass is 9.93. The first-order valence-electron chi connectivity index (χ1n) is 8.64. The standard InChI is InChI=1S/C19H31NO/c1-15(2)21-19-12-10-17(11-13-19)14-20-16(3)18-8-6-4-5-7-9-18/h10-13,15-16,18,20H,4-9,14H2,1-3H3/t16-/m1/s1. The first-order chi connectivity index (χ1) is 10.1. The third-order valence-corrected chi connectivity index (χ3v) is 4.53. The molecule has 1 saturated carbocycles. The van der Waals surface area contributed by atoms with Crippen molar-refractivity contribution < 1.29 is 4.74 Å². The molecule has 118 valence electrons. The summed E-state index contributed by atoms with van der Waals surface area (Å²) in [5.74, 6) is 1.82. The summed E-state index contributed by atoms with van der Waals surface area (Å²) in [6.07, 6.45) is 8.73. The van der Waals surface area contributed by atoms with Gasteiger partial charge in [0.1, 0.15) is 5.75 Å². The van der Waals surface area contributed by atoms with E-state index >= 15 is 0 Å². The Morgan fingerprint density at radius 2 is 1.62 bits per heavy atom. The maximum atomic E-state index is 5.68. The molecule has 0 heterocycles. The molecule has 0 saturated heterocycles. The molecule has 1 aromatic carbocycles. The van der Waals surface area contributed by atoms with Gasteiger partial charge in [-0.05, 0) is 57.2 Å². The lowest BCUT2D eigenvalue weighted by Crippen LogP contribution is -2.32. The van der Waals surface area contributed by atoms with Crippen molar-refractivity contribution in [3.8, 4) is 5.75 Å². The van der Waals surface area contributed by atoms with Crippen molar-refractivity contribution in [1.29, 1.82) is 0 Å². The molecule has 2 heteroatoms. The second-order valence-corrected chi connectivity index (χ2v) is 6.73. The first-order valence-corrected chi connectivity index (χ1v) is 8.64. The predicted octanol–water partition coefficient (Wildman–Crippen LogP) is 4.92. The highest BCUT2D eigenvalue weighted by Gasteiger charge is 2.18. The highest BCUT2D eigenvalue weighted by Crippen LogP contribution is 2.25. The van der Waals surface area contributed by atoms with Gasteiger partial charge in [0.15, 0.2) is 0 Å². The van der Waals surface area contributed by atoms with Gasteiger partial charge in [-0.3, -0.25) is 0 Å². The van der Waals surface area contributed by atoms with E-state index in [0.29, 0.717) is 6.04 Å². The van der Waals surface area contributed by atoms with E-state index in [0.717, 1.165) is 18.2 Å². The topological polar surface area (TPSA) is 21.3 Å². The molecule has 1 fully saturated rings. The van der Waals surface area contributed by atoms with Crippen LogP contribution in [0.25, 0.3) is 0 Å². The van der Waals surface area contributed by atoms with Crippen LogP contribution in [0.1, 0.15) is 64.9 Å². The van der Waals surface area contributed by atoms with Gasteiger partial charge in [-0.1, -0.05) is 37.8 Å². The normalized spacial score (nSPS) is 18.5. The molecule has 21 heavy (non-hydrogen) atoms. The van der Waals surface area contributed by atoms with E-state index in [-0.39, 0.29) is 6.10 Å². The number of ether oxygens (including phenoxy) is 1. The van der Waals surface area contributed by atoms with Gasteiger partial charge in [0.25, 0.3) is 0 Å². The molecule has 1 aliphatic carbocycles. The summed E-state index contributed by atoms with van der Waals surface area (Å²) in [6.45, 7) is 7.43. The summed E-state index contributed by atoms with van der Waals surface area (Å²) in [7, 11) is 0. The highest BCUT2D eigenvalue weighted by atomic mass is 16.5. The second-order valence-electron chi connectivity index (χ2n) is 6.73. The lowest BCUT2D eigenvalue weighted by molar-refractivity contribution is 0.242. The number of hydrogen-bond donors (Lipinski definition) is 1. The molecule has 1 atom stereocenters. The maximum Gasteiger partial charge on any atom is 0.119 e. The second kappa shape index (κ2) is 8.43. The van der Waals surface area contributed by atoms with Crippen molar-refractivity contribution in [2.75, 3.05) is 0 Å². The number of hydrogen-bond acceptors (Lipinski definition) is 2. The van der Waals surface area contributed by atoms with Crippen LogP contribution in [0.2, 0.25) is 0 Å². The molecule has 0 bridgehead atoms. The van der Waals surface area contributed by atoms with E-state index in [4.69, 9.17) is 4.74 Å². The van der Waals surface area contributed by atoms with Crippen molar-refractivity contribution in [2.45, 2.75) is 78.0 Å². The molecule has 2 nitrogen and oxygen atoms in total. The molecule has 0 aromatic heterocycles. The monoisotopic (exact) mass is 289 g/mol. The summed E-state index contributed by atoms with van der Waals surface area (Å²) < 4.78 is 5.68. The van der Waals surface area contributed by atoms with Crippen molar-refractivity contribution in [3.63, 3.8) is 0 Å². The van der Waals surface area contributed by atoms with Crippen molar-refractivity contribution in [2.24, 2.45) is 5.92 Å². The number of benzene rings is 1. The number of rotatable bonds is 6. The van der Waals surface area contributed by atoms with Gasteiger partial charge < -0.3 is 10.1 Å². The fourth-order valence-corrected chi connectivity index (χ4v) is 3.21. The molecule has 1 N–H and O–H groups in total. The molecular weight excluding hydrogens is 258 g/mol. The largest absolute Gasteiger partial charge is 0.491 e. The van der Waals surface area contributed by atoms with Crippen LogP contribution in [0.3, 0.4) is 0 Å². The van der Waals surface area contributed by atoms with Gasteiger partial charge >= 0.3 is 0 Å². The average molecular weight is 289 g/mol. The van der Waals surface area contributed by atoms with Crippen LogP contribution in [-0.2, 0) is 6.54 Å². The molecule has 2 rings (SSSR count). The maximum absolute atomic E-state index is 5.68. The van der Waals surface area contributed by atoms with Crippen LogP contribution in [0.5, 0.6) is 5.75 Å². The summed E-state index contributed by atoms with van der Waals surface area (Å²) in [5, 5.41) is 3.72. The van der Waals surface area contributed by atoms with Crippen molar-refractivity contribution >= 4 is 0 Å². The summed E-state index contributed by atoms with van der Waals surface area (Å²) in [6, 6.07) is 9.12. The minimum absolute atomic E-state index is 0.240. The van der Waals surface area contributed by atoms with Crippen LogP contribution in [0, 0.1) is 5.92 Å². The highest BCUT2D eigenvalue weighted by molar-refractivity contribution is 5.27. The molecule has 0 spiro atoms. The van der Waals surface area contributed by atoms with Gasteiger partial charge in [-0.15, -0.1) is 0 Å². The fraction of sp³-hybridized carbons (Fsp3) is 0.684. The SMILES string of the molecule is CC(C)Oc1ccc(CN[C@H](C)C2CCCCCC2)cc1. The lowest BCUT2D eigenvalue weighted by Gasteiger charge is -2.23. The Labute approximate surface area is 130 Å². The molecule has 1 aromatic rings. The van der Waals surface area contributed by atoms with Gasteiger partial charge in [0.2, 0.25) is 0 Å². The molecule has 0 radical (unpaired) electrons. The fourth-order valence-electron chi connectivity index (χ4n) is 3.21. The summed E-state index contributed by atoms with van der Waals surface area (Å²) >= 11 is 0. The Kier molecular flexibility index (Phi) is 6.56. The molecule has 0 aliphatic heterocycles. The van der Waals surface area contributed by atoms with Gasteiger partial charge in [-0.25, -0.2) is 0 Å². The first kappa shape index (κ1) is 16.4. The average Bonchev–Trinajstić information content (AvgIpc) is 2.75. The minimum atomic E-state index is 0.240. The van der Waals surface area contributed by atoms with Gasteiger partial charge in [0, 0.05) is 12.6 Å². The summed E-state index contributed by atoms with van der Waals surface area (Å²) in [5.41, 5.74) is 1.34. The van der Waals surface area contributed by atoms with Crippen molar-refractivity contribution in [3.05, 3.63) is 29.8 Å². The van der Waals surface area contributed by atoms with E-state index in [1.54, 1.807) is 0 Å². The summed E-state index contributed by atoms with van der Waals surface area (Å²) in [4.78, 5) is 0. The Bertz CT molecular complexity index is 391. The molecule has 0 unspecified atom stereocenters. The third-order valence-electron chi connectivity index (χ3n) is 4.53. The predicted molar refractivity (Wildman–Crippen MR) is 89.7 cm³/mol. The van der Waals surface area contributed by atoms with E-state index < -0.39 is 0 Å². The smallest absolute Gasteiger partial charge is 0.119 e. The Morgan fingerprint density at radius 1 is 1.00 bits per heavy atom. The van der Waals surface area contributed by atoms with Crippen LogP contribution < -0.4 is 10.1 Å². The Balaban J connectivity index is 1.78. The Hall–Kier alpha value is -1.02. The van der Waals surface area contributed by atoms with Crippen LogP contribution in [0.15, 0.2) is 24.3 Å². The molecule has 0 amide bonds. The quantitative estimate of drug-likeness (QED) is 0.750. The van der Waals surface area contributed by atoms with Crippen LogP contribution in [-0.4, -0.2) is 12.1 Å². The van der Waals surface area contributed by atoms with Crippen LogP contribution >= 0.6 is 0 Å². The van der Waals surface area contributed by atoms with E-state index in [2.05, 4.69) is 50.4 Å². The molecule has 1 aliphatic rings. The minimum Gasteiger partial charge on any atom is -0.491 e. The van der Waals surface area contributed by atoms with E-state index in [1.165, 1.54) is 44.1 Å². The third kappa shape index (κ3) is 5.70. The Morgan fingerprint density at radius 3 is 2.19 bits per heavy atom. The zero-order chi connectivity index (χ0) is 15.1.